The summed E-state index contributed by atoms with van der Waals surface area (Å²) in [4.78, 5) is 74.2. The van der Waals surface area contributed by atoms with E-state index in [-0.39, 0.29) is 26.1 Å². The van der Waals surface area contributed by atoms with Crippen molar-refractivity contribution in [1.29, 1.82) is 0 Å². The summed E-state index contributed by atoms with van der Waals surface area (Å²) in [5, 5.41) is 38.6. The van der Waals surface area contributed by atoms with E-state index in [0.29, 0.717) is 5.06 Å². The van der Waals surface area contributed by atoms with Crippen LogP contribution in [-0.4, -0.2) is 105 Å². The zero-order chi connectivity index (χ0) is 27.1. The minimum absolute atomic E-state index is 0.0120. The van der Waals surface area contributed by atoms with Crippen molar-refractivity contribution in [3.05, 3.63) is 35.9 Å². The molecule has 0 radical (unpaired) electrons. The van der Waals surface area contributed by atoms with Crippen LogP contribution in [0.3, 0.4) is 0 Å². The van der Waals surface area contributed by atoms with E-state index in [2.05, 4.69) is 10.2 Å². The van der Waals surface area contributed by atoms with Gasteiger partial charge in [-0.1, -0.05) is 30.3 Å². The number of nitrogens with one attached hydrogen (secondary N) is 1. The molecule has 1 aromatic rings. The molecule has 1 rings (SSSR count). The van der Waals surface area contributed by atoms with Crippen LogP contribution in [0, 0.1) is 0 Å². The molecule has 0 aliphatic rings. The quantitative estimate of drug-likeness (QED) is 0.130. The summed E-state index contributed by atoms with van der Waals surface area (Å²) in [5.41, 5.74) is 0.748. The Morgan fingerprint density at radius 1 is 0.861 bits per heavy atom. The van der Waals surface area contributed by atoms with Crippen LogP contribution in [0.25, 0.3) is 0 Å². The molecule has 1 aromatic carbocycles. The number of amides is 1. The lowest BCUT2D eigenvalue weighted by Gasteiger charge is -2.28. The standard InChI is InChI=1S/C21H27N3O12/c25-16(26)10-23(11-17(27)28)9-7-15(24(12-18(29)30)36-21(33)34)20(32)22-8-6-19(31)35-13-14-4-2-1-3-5-14/h1-5,15H,6-13H2,(H,22,32)(H,25,26)(H,27,28)(H,29,30)(H,33,34)/t15-/m1/s1. The van der Waals surface area contributed by atoms with Gasteiger partial charge < -0.3 is 35.3 Å². The molecule has 1 amide bonds. The highest BCUT2D eigenvalue weighted by Crippen LogP contribution is 2.09. The molecular weight excluding hydrogens is 486 g/mol. The summed E-state index contributed by atoms with van der Waals surface area (Å²) in [5.74, 6) is -5.81. The molecule has 0 unspecified atom stereocenters. The highest BCUT2D eigenvalue weighted by atomic mass is 16.8. The number of ether oxygens (including phenoxy) is 1. The average molecular weight is 513 g/mol. The van der Waals surface area contributed by atoms with E-state index in [1.54, 1.807) is 30.3 Å². The van der Waals surface area contributed by atoms with E-state index >= 15 is 0 Å². The monoisotopic (exact) mass is 513 g/mol. The Morgan fingerprint density at radius 2 is 1.44 bits per heavy atom. The first-order valence-electron chi connectivity index (χ1n) is 10.5. The van der Waals surface area contributed by atoms with Gasteiger partial charge in [0, 0.05) is 13.1 Å². The molecule has 0 bridgehead atoms. The smallest absolute Gasteiger partial charge is 0.480 e. The van der Waals surface area contributed by atoms with Crippen LogP contribution in [0.2, 0.25) is 0 Å². The van der Waals surface area contributed by atoms with Gasteiger partial charge in [0.15, 0.2) is 0 Å². The molecule has 0 fully saturated rings. The number of nitrogens with zero attached hydrogens (tertiary/aromatic N) is 2. The third-order valence-corrected chi connectivity index (χ3v) is 4.44. The van der Waals surface area contributed by atoms with E-state index in [9.17, 15) is 28.8 Å². The molecule has 0 saturated heterocycles. The van der Waals surface area contributed by atoms with Crippen LogP contribution >= 0.6 is 0 Å². The predicted octanol–water partition coefficient (Wildman–Crippen LogP) is -0.538. The van der Waals surface area contributed by atoms with Crippen LogP contribution in [0.15, 0.2) is 30.3 Å². The Bertz CT molecular complexity index is 892. The molecular formula is C21H27N3O12. The molecule has 0 spiro atoms. The predicted molar refractivity (Wildman–Crippen MR) is 117 cm³/mol. The zero-order valence-corrected chi connectivity index (χ0v) is 19.1. The molecule has 15 heteroatoms. The van der Waals surface area contributed by atoms with Gasteiger partial charge in [-0.15, -0.1) is 5.06 Å². The fourth-order valence-electron chi connectivity index (χ4n) is 2.96. The molecule has 0 heterocycles. The minimum atomic E-state index is -1.91. The Balaban J connectivity index is 2.82. The average Bonchev–Trinajstić information content (AvgIpc) is 2.76. The van der Waals surface area contributed by atoms with Crippen molar-refractivity contribution in [1.82, 2.24) is 15.3 Å². The fourth-order valence-corrected chi connectivity index (χ4v) is 2.96. The van der Waals surface area contributed by atoms with E-state index in [1.165, 1.54) is 0 Å². The number of benzene rings is 1. The van der Waals surface area contributed by atoms with Gasteiger partial charge >= 0.3 is 30.0 Å². The second-order valence-electron chi connectivity index (χ2n) is 7.32. The van der Waals surface area contributed by atoms with Gasteiger partial charge in [0.05, 0.1) is 19.5 Å². The first-order chi connectivity index (χ1) is 17.0. The third-order valence-electron chi connectivity index (χ3n) is 4.44. The lowest BCUT2D eigenvalue weighted by atomic mass is 10.1. The first kappa shape index (κ1) is 29.8. The molecule has 5 N–H and O–H groups in total. The maximum Gasteiger partial charge on any atom is 0.525 e. The van der Waals surface area contributed by atoms with Crippen molar-refractivity contribution in [3.8, 4) is 0 Å². The molecule has 1 atom stereocenters. The number of hydrogen-bond donors (Lipinski definition) is 5. The minimum Gasteiger partial charge on any atom is -0.480 e. The van der Waals surface area contributed by atoms with E-state index in [0.717, 1.165) is 10.5 Å². The number of aliphatic carboxylic acids is 3. The maximum atomic E-state index is 12.7. The lowest BCUT2D eigenvalue weighted by molar-refractivity contribution is -0.176. The molecule has 0 aliphatic heterocycles. The van der Waals surface area contributed by atoms with Gasteiger partial charge in [-0.3, -0.25) is 28.9 Å². The number of carboxylic acid groups (broad SMARTS) is 4. The van der Waals surface area contributed by atoms with Crippen LogP contribution in [-0.2, 0) is 40.2 Å². The van der Waals surface area contributed by atoms with Crippen molar-refractivity contribution >= 4 is 35.9 Å². The van der Waals surface area contributed by atoms with Crippen molar-refractivity contribution in [3.63, 3.8) is 0 Å². The third kappa shape index (κ3) is 12.9. The highest BCUT2D eigenvalue weighted by Gasteiger charge is 2.32. The van der Waals surface area contributed by atoms with Gasteiger partial charge in [-0.25, -0.2) is 4.79 Å². The number of carbonyl (C=O) groups is 6. The lowest BCUT2D eigenvalue weighted by Crippen LogP contribution is -2.51. The number of carboxylic acids is 3. The summed E-state index contributed by atoms with van der Waals surface area (Å²) in [6.07, 6.45) is -2.56. The van der Waals surface area contributed by atoms with Gasteiger partial charge in [0.1, 0.15) is 19.2 Å². The second kappa shape index (κ2) is 15.6. The molecule has 15 nitrogen and oxygen atoms in total. The van der Waals surface area contributed by atoms with Crippen molar-refractivity contribution < 1.29 is 58.8 Å². The molecule has 198 valence electrons. The molecule has 36 heavy (non-hydrogen) atoms. The summed E-state index contributed by atoms with van der Waals surface area (Å²) >= 11 is 0. The first-order valence-corrected chi connectivity index (χ1v) is 10.5. The van der Waals surface area contributed by atoms with E-state index < -0.39 is 68.0 Å². The van der Waals surface area contributed by atoms with E-state index in [1.807, 2.05) is 0 Å². The van der Waals surface area contributed by atoms with Gasteiger partial charge in [0.25, 0.3) is 0 Å². The maximum absolute atomic E-state index is 12.7. The number of hydroxylamine groups is 2. The van der Waals surface area contributed by atoms with Crippen LogP contribution in [0.5, 0.6) is 0 Å². The van der Waals surface area contributed by atoms with Crippen molar-refractivity contribution in [2.24, 2.45) is 0 Å². The Kier molecular flexibility index (Phi) is 12.9. The Labute approximate surface area is 204 Å². The number of hydrogen-bond acceptors (Lipinski definition) is 10. The van der Waals surface area contributed by atoms with Crippen molar-refractivity contribution in [2.75, 3.05) is 32.7 Å². The number of rotatable bonds is 17. The van der Waals surface area contributed by atoms with Crippen LogP contribution in [0.1, 0.15) is 18.4 Å². The molecule has 0 aromatic heterocycles. The summed E-state index contributed by atoms with van der Waals surface area (Å²) in [7, 11) is 0. The van der Waals surface area contributed by atoms with Crippen molar-refractivity contribution in [2.45, 2.75) is 25.5 Å². The SMILES string of the molecule is O=C(O)CN(CC[C@H](C(=O)NCCC(=O)OCc1ccccc1)N(CC(=O)O)OC(=O)O)CC(=O)O. The molecule has 0 aliphatic carbocycles. The zero-order valence-electron chi connectivity index (χ0n) is 19.1. The van der Waals surface area contributed by atoms with Gasteiger partial charge in [-0.05, 0) is 12.0 Å². The highest BCUT2D eigenvalue weighted by molar-refractivity contribution is 5.83. The number of esters is 1. The Morgan fingerprint density at radius 3 is 1.97 bits per heavy atom. The van der Waals surface area contributed by atoms with Crippen LogP contribution < -0.4 is 5.32 Å². The topological polar surface area (TPSA) is 220 Å². The summed E-state index contributed by atoms with van der Waals surface area (Å²) in [6.45, 7) is -3.02. The van der Waals surface area contributed by atoms with Gasteiger partial charge in [-0.2, -0.15) is 0 Å². The second-order valence-corrected chi connectivity index (χ2v) is 7.32. The normalized spacial score (nSPS) is 11.5. The number of carbonyl (C=O) groups excluding carboxylic acids is 2. The fraction of sp³-hybridized carbons (Fsp3) is 0.429. The molecule has 0 saturated carbocycles. The largest absolute Gasteiger partial charge is 0.525 e. The van der Waals surface area contributed by atoms with Crippen LogP contribution in [0.4, 0.5) is 4.79 Å². The van der Waals surface area contributed by atoms with Gasteiger partial charge in [0.2, 0.25) is 5.91 Å². The summed E-state index contributed by atoms with van der Waals surface area (Å²) < 4.78 is 5.08. The Hall–Kier alpha value is -4.24. The van der Waals surface area contributed by atoms with E-state index in [4.69, 9.17) is 25.2 Å². The summed E-state index contributed by atoms with van der Waals surface area (Å²) in [6, 6.07) is 7.23.